The van der Waals surface area contributed by atoms with E-state index in [1.807, 2.05) is 30.4 Å². The van der Waals surface area contributed by atoms with Crippen molar-refractivity contribution in [1.82, 2.24) is 19.8 Å². The molecule has 1 saturated heterocycles. The second-order valence-corrected chi connectivity index (χ2v) is 11.7. The van der Waals surface area contributed by atoms with Crippen LogP contribution in [0.2, 0.25) is 4.34 Å². The third-order valence-electron chi connectivity index (χ3n) is 7.66. The Morgan fingerprint density at radius 1 is 1.17 bits per heavy atom. The number of thiophene rings is 1. The van der Waals surface area contributed by atoms with Crippen molar-refractivity contribution in [3.8, 4) is 11.5 Å². The Kier molecular flexibility index (Phi) is 8.75. The summed E-state index contributed by atoms with van der Waals surface area (Å²) in [5.41, 5.74) is 2.23. The van der Waals surface area contributed by atoms with Crippen molar-refractivity contribution in [2.24, 2.45) is 0 Å². The van der Waals surface area contributed by atoms with Crippen molar-refractivity contribution in [2.75, 3.05) is 74.1 Å². The highest BCUT2D eigenvalue weighted by molar-refractivity contribution is 7.15. The average Bonchev–Trinajstić information content (AvgIpc) is 3.39. The second kappa shape index (κ2) is 12.8. The predicted octanol–water partition coefficient (Wildman–Crippen LogP) is 5.32. The van der Waals surface area contributed by atoms with Crippen molar-refractivity contribution >= 4 is 52.1 Å². The number of amides is 2. The molecule has 3 aliphatic heterocycles. The van der Waals surface area contributed by atoms with Crippen molar-refractivity contribution in [3.05, 3.63) is 57.4 Å². The summed E-state index contributed by atoms with van der Waals surface area (Å²) in [6, 6.07) is 5.30. The standard InChI is InChI=1S/C29H33ClFN7O3S/c1-2-35-8-10-36(11-9-35)12-14-41-23-6-5-22-15-24(23)40-13-4-3-7-37-27-21(17-32-28(33-22)34-27)18-38(29(37)39)25-20(16-31)19-42-26(25)30/h3-6,15,17,19H,2,7-14,16,18H2,1H3,(H,32,33,34)/b4-3-. The molecule has 42 heavy (non-hydrogen) atoms. The average molecular weight is 614 g/mol. The summed E-state index contributed by atoms with van der Waals surface area (Å²) in [5.74, 6) is 2.10. The van der Waals surface area contributed by atoms with Gasteiger partial charge in [0.1, 0.15) is 30.0 Å². The Labute approximate surface area is 253 Å². The van der Waals surface area contributed by atoms with E-state index in [4.69, 9.17) is 26.1 Å². The first-order valence-corrected chi connectivity index (χ1v) is 15.3. The lowest BCUT2D eigenvalue weighted by atomic mass is 10.2. The van der Waals surface area contributed by atoms with Gasteiger partial charge in [0.25, 0.3) is 0 Å². The van der Waals surface area contributed by atoms with Crippen LogP contribution in [-0.4, -0.2) is 84.8 Å². The molecule has 1 fully saturated rings. The summed E-state index contributed by atoms with van der Waals surface area (Å²) in [5, 5.41) is 4.87. The summed E-state index contributed by atoms with van der Waals surface area (Å²) in [6.45, 7) is 8.96. The molecule has 0 atom stereocenters. The van der Waals surface area contributed by atoms with Gasteiger partial charge in [0, 0.05) is 73.7 Å². The van der Waals surface area contributed by atoms with Gasteiger partial charge < -0.3 is 19.7 Å². The summed E-state index contributed by atoms with van der Waals surface area (Å²) >= 11 is 7.60. The SMILES string of the molecule is CCN1CCN(CCOc2ccc3cc2OC/C=C\CN2C(=O)N(c4c(CF)csc4Cl)Cc4cnc(nc42)N3)CC1. The van der Waals surface area contributed by atoms with Crippen LogP contribution in [0, 0.1) is 0 Å². The van der Waals surface area contributed by atoms with Crippen molar-refractivity contribution in [3.63, 3.8) is 0 Å². The van der Waals surface area contributed by atoms with Gasteiger partial charge in [-0.1, -0.05) is 24.6 Å². The summed E-state index contributed by atoms with van der Waals surface area (Å²) in [7, 11) is 0. The molecule has 0 unspecified atom stereocenters. The van der Waals surface area contributed by atoms with Crippen molar-refractivity contribution in [1.29, 1.82) is 0 Å². The maximum Gasteiger partial charge on any atom is 0.330 e. The van der Waals surface area contributed by atoms with E-state index in [1.54, 1.807) is 16.5 Å². The zero-order valence-electron chi connectivity index (χ0n) is 23.4. The smallest absolute Gasteiger partial charge is 0.330 e. The van der Waals surface area contributed by atoms with Crippen LogP contribution >= 0.6 is 22.9 Å². The van der Waals surface area contributed by atoms with Crippen LogP contribution < -0.4 is 24.6 Å². The quantitative estimate of drug-likeness (QED) is 0.359. The van der Waals surface area contributed by atoms with E-state index >= 15 is 0 Å². The summed E-state index contributed by atoms with van der Waals surface area (Å²) in [6.07, 6.45) is 5.39. The molecule has 13 heteroatoms. The number of likely N-dealkylation sites (N-methyl/N-ethyl adjacent to an activating group) is 1. The number of hydrogen-bond acceptors (Lipinski definition) is 9. The van der Waals surface area contributed by atoms with Gasteiger partial charge in [-0.05, 0) is 24.8 Å². The fraction of sp³-hybridized carbons (Fsp3) is 0.414. The van der Waals surface area contributed by atoms with Crippen LogP contribution in [0.4, 0.5) is 32.3 Å². The van der Waals surface area contributed by atoms with Crippen molar-refractivity contribution in [2.45, 2.75) is 20.1 Å². The molecule has 3 aromatic rings. The number of hydrogen-bond donors (Lipinski definition) is 1. The minimum absolute atomic E-state index is 0.186. The van der Waals surface area contributed by atoms with Gasteiger partial charge in [-0.25, -0.2) is 14.2 Å². The maximum absolute atomic E-state index is 13.7. The monoisotopic (exact) mass is 613 g/mol. The number of anilines is 4. The molecule has 5 heterocycles. The molecule has 0 aliphatic carbocycles. The van der Waals surface area contributed by atoms with Gasteiger partial charge >= 0.3 is 6.03 Å². The van der Waals surface area contributed by atoms with E-state index in [0.29, 0.717) is 45.5 Å². The van der Waals surface area contributed by atoms with E-state index < -0.39 is 6.67 Å². The van der Waals surface area contributed by atoms with Crippen LogP contribution in [0.15, 0.2) is 41.9 Å². The number of piperazine rings is 1. The predicted molar refractivity (Wildman–Crippen MR) is 164 cm³/mol. The van der Waals surface area contributed by atoms with Crippen LogP contribution in [0.5, 0.6) is 11.5 Å². The first-order valence-electron chi connectivity index (χ1n) is 14.1. The van der Waals surface area contributed by atoms with Crippen LogP contribution in [0.3, 0.4) is 0 Å². The Morgan fingerprint density at radius 3 is 2.81 bits per heavy atom. The number of benzene rings is 1. The molecule has 1 N–H and O–H groups in total. The number of carbonyl (C=O) groups is 1. The fourth-order valence-electron chi connectivity index (χ4n) is 5.30. The number of alkyl halides is 1. The van der Waals surface area contributed by atoms with Gasteiger partial charge in [-0.15, -0.1) is 11.3 Å². The molecular weight excluding hydrogens is 581 g/mol. The third kappa shape index (κ3) is 6.03. The van der Waals surface area contributed by atoms with Gasteiger partial charge in [0.2, 0.25) is 5.95 Å². The lowest BCUT2D eigenvalue weighted by molar-refractivity contribution is 0.120. The molecular formula is C29H33ClFN7O3S. The molecule has 2 aromatic heterocycles. The molecule has 6 rings (SSSR count). The van der Waals surface area contributed by atoms with E-state index in [9.17, 15) is 9.18 Å². The second-order valence-electron chi connectivity index (χ2n) is 10.2. The number of ether oxygens (including phenoxy) is 2. The molecule has 10 nitrogen and oxygen atoms in total. The number of nitrogens with one attached hydrogen (secondary N) is 1. The molecule has 0 spiro atoms. The highest BCUT2D eigenvalue weighted by Gasteiger charge is 2.35. The number of carbonyl (C=O) groups excluding carboxylic acids is 1. The number of halogens is 2. The number of fused-ring (bicyclic) bond motifs is 3. The first-order chi connectivity index (χ1) is 20.5. The first kappa shape index (κ1) is 28.7. The molecule has 3 aliphatic rings. The van der Waals surface area contributed by atoms with Crippen LogP contribution in [0.25, 0.3) is 0 Å². The third-order valence-corrected chi connectivity index (χ3v) is 8.91. The highest BCUT2D eigenvalue weighted by atomic mass is 35.5. The van der Waals surface area contributed by atoms with E-state index in [2.05, 4.69) is 27.0 Å². The molecule has 4 bridgehead atoms. The van der Waals surface area contributed by atoms with Gasteiger partial charge in [-0.3, -0.25) is 14.7 Å². The van der Waals surface area contributed by atoms with Crippen molar-refractivity contribution < 1.29 is 18.7 Å². The number of urea groups is 1. The molecule has 0 saturated carbocycles. The minimum atomic E-state index is -0.716. The zero-order valence-corrected chi connectivity index (χ0v) is 25.0. The number of rotatable bonds is 7. The fourth-order valence-corrected chi connectivity index (χ4v) is 6.43. The highest BCUT2D eigenvalue weighted by Crippen LogP contribution is 2.41. The maximum atomic E-state index is 13.7. The zero-order chi connectivity index (χ0) is 29.1. The molecule has 222 valence electrons. The normalized spacial score (nSPS) is 18.4. The Hall–Kier alpha value is -3.45. The van der Waals surface area contributed by atoms with E-state index in [-0.39, 0.29) is 25.7 Å². The molecule has 0 radical (unpaired) electrons. The number of aromatic nitrogens is 2. The Bertz CT molecular complexity index is 1460. The van der Waals surface area contributed by atoms with Gasteiger partial charge in [0.05, 0.1) is 12.2 Å². The largest absolute Gasteiger partial charge is 0.488 e. The molecule has 1 aromatic carbocycles. The summed E-state index contributed by atoms with van der Waals surface area (Å²) < 4.78 is 26.3. The topological polar surface area (TPSA) is 86.3 Å². The van der Waals surface area contributed by atoms with Gasteiger partial charge in [-0.2, -0.15) is 4.98 Å². The Morgan fingerprint density at radius 2 is 2.00 bits per heavy atom. The van der Waals surface area contributed by atoms with E-state index in [1.165, 1.54) is 16.2 Å². The van der Waals surface area contributed by atoms with Crippen LogP contribution in [-0.2, 0) is 13.2 Å². The lowest BCUT2D eigenvalue weighted by Crippen LogP contribution is -2.48. The van der Waals surface area contributed by atoms with Crippen LogP contribution in [0.1, 0.15) is 18.1 Å². The molecule has 2 amide bonds. The Balaban J connectivity index is 1.20. The summed E-state index contributed by atoms with van der Waals surface area (Å²) in [4.78, 5) is 30.8. The minimum Gasteiger partial charge on any atom is -0.488 e. The lowest BCUT2D eigenvalue weighted by Gasteiger charge is -2.35. The van der Waals surface area contributed by atoms with Gasteiger partial charge in [0.15, 0.2) is 11.5 Å². The van der Waals surface area contributed by atoms with E-state index in [0.717, 1.165) is 50.5 Å². The number of nitrogens with zero attached hydrogens (tertiary/aromatic N) is 6.